The molecule has 0 amide bonds. The van der Waals surface area contributed by atoms with Crippen molar-refractivity contribution in [3.05, 3.63) is 69.7 Å². The first-order valence-corrected chi connectivity index (χ1v) is 10.5. The predicted molar refractivity (Wildman–Crippen MR) is 94.0 cm³/mol. The molecule has 2 aliphatic rings. The summed E-state index contributed by atoms with van der Waals surface area (Å²) in [6, 6.07) is 0. The van der Waals surface area contributed by atoms with E-state index in [1.807, 2.05) is 25.7 Å². The van der Waals surface area contributed by atoms with Crippen molar-refractivity contribution >= 4 is 26.3 Å². The van der Waals surface area contributed by atoms with Gasteiger partial charge in [-0.3, -0.25) is 0 Å². The Morgan fingerprint density at radius 2 is 1.05 bits per heavy atom. The summed E-state index contributed by atoms with van der Waals surface area (Å²) in [7, 11) is -0.861. The Labute approximate surface area is 156 Å². The first-order valence-electron chi connectivity index (χ1n) is 6.42. The van der Waals surface area contributed by atoms with Gasteiger partial charge in [-0.05, 0) is 63.2 Å². The van der Waals surface area contributed by atoms with Gasteiger partial charge in [0.15, 0.2) is 0 Å². The predicted octanol–water partition coefficient (Wildman–Crippen LogP) is 4.12. The second kappa shape index (κ2) is 17.2. The largest absolute Gasteiger partial charge is 3.00 e. The summed E-state index contributed by atoms with van der Waals surface area (Å²) < 4.78 is 0. The monoisotopic (exact) mass is 398 g/mol. The van der Waals surface area contributed by atoms with Gasteiger partial charge in [0.05, 0.1) is 0 Å². The summed E-state index contributed by atoms with van der Waals surface area (Å²) in [5, 5.41) is 0. The third-order valence-electron chi connectivity index (χ3n) is 1.66. The van der Waals surface area contributed by atoms with Crippen molar-refractivity contribution in [3.63, 3.8) is 0 Å². The fraction of sp³-hybridized carbons (Fsp3) is 0.294. The molecule has 0 N–H and O–H groups in total. The Hall–Kier alpha value is 0.847. The maximum absolute atomic E-state index is 8.50. The first kappa shape index (κ1) is 26.7. The van der Waals surface area contributed by atoms with Crippen LogP contribution in [0.15, 0.2) is 0 Å². The van der Waals surface area contributed by atoms with Crippen molar-refractivity contribution in [1.82, 2.24) is 0 Å². The Kier molecular flexibility index (Phi) is 21.9. The second-order valence-corrected chi connectivity index (χ2v) is 10.9. The van der Waals surface area contributed by atoms with Crippen LogP contribution in [0.2, 0.25) is 19.6 Å². The quantitative estimate of drug-likeness (QED) is 0.347. The summed E-state index contributed by atoms with van der Waals surface area (Å²) in [6.45, 7) is 14.7. The Balaban J connectivity index is -0.000000209. The van der Waals surface area contributed by atoms with Crippen LogP contribution in [-0.2, 0) is 39.8 Å². The average Bonchev–Trinajstić information content (AvgIpc) is 2.91. The van der Waals surface area contributed by atoms with E-state index >= 15 is 0 Å². The van der Waals surface area contributed by atoms with Gasteiger partial charge in [-0.25, -0.2) is 0 Å². The van der Waals surface area contributed by atoms with Gasteiger partial charge < -0.3 is 29.6 Å². The van der Waals surface area contributed by atoms with E-state index in [0.717, 1.165) is 5.62 Å². The van der Waals surface area contributed by atoms with Gasteiger partial charge >= 0.3 is 22.4 Å². The third-order valence-corrected chi connectivity index (χ3v) is 1.66. The van der Waals surface area contributed by atoms with Crippen molar-refractivity contribution < 1.29 is 27.2 Å². The SMILES string of the molecule is C[C]1[CH][CH][CH][CH]1.C[C]1[CH][CH][CH][CH]1.O=[C-][S-].[CH2-][Si](C)(C)C.[Nb+3]. The average molecular weight is 398 g/mol. The molecular weight excluding hydrogens is 373 g/mol. The van der Waals surface area contributed by atoms with Gasteiger partial charge in [0.25, 0.3) is 0 Å². The minimum Gasteiger partial charge on any atom is -0.999 e. The molecule has 0 unspecified atom stereocenters. The van der Waals surface area contributed by atoms with Gasteiger partial charge in [0, 0.05) is 0 Å². The molecule has 0 spiro atoms. The maximum Gasteiger partial charge on any atom is 3.00 e. The van der Waals surface area contributed by atoms with Crippen molar-refractivity contribution in [2.75, 3.05) is 0 Å². The third kappa shape index (κ3) is 33.6. The molecule has 4 heteroatoms. The number of rotatable bonds is 0. The molecule has 0 aromatic heterocycles. The van der Waals surface area contributed by atoms with Crippen LogP contribution < -0.4 is 0 Å². The normalized spacial score (nSPS) is 18.0. The van der Waals surface area contributed by atoms with Crippen molar-refractivity contribution in [1.29, 1.82) is 0 Å². The zero-order chi connectivity index (χ0) is 16.0. The van der Waals surface area contributed by atoms with Crippen LogP contribution >= 0.6 is 0 Å². The molecular formula is C17H25NbOSSi. The molecule has 2 aliphatic carbocycles. The number of hydrogen-bond acceptors (Lipinski definition) is 2. The summed E-state index contributed by atoms with van der Waals surface area (Å²) in [6.07, 6.45) is 16.5. The molecule has 0 atom stereocenters. The molecule has 2 fully saturated rings. The van der Waals surface area contributed by atoms with Crippen LogP contribution in [-0.4, -0.2) is 13.7 Å². The molecule has 21 heavy (non-hydrogen) atoms. The van der Waals surface area contributed by atoms with Crippen molar-refractivity contribution in [2.45, 2.75) is 33.5 Å². The van der Waals surface area contributed by atoms with Gasteiger partial charge in [-0.1, -0.05) is 33.5 Å². The summed E-state index contributed by atoms with van der Waals surface area (Å²) >= 11 is 3.59. The topological polar surface area (TPSA) is 17.1 Å². The summed E-state index contributed by atoms with van der Waals surface area (Å²) in [5.74, 6) is 2.69. The zero-order valence-electron chi connectivity index (χ0n) is 13.6. The molecule has 2 rings (SSSR count). The van der Waals surface area contributed by atoms with Crippen LogP contribution in [0, 0.1) is 69.7 Å². The fourth-order valence-electron chi connectivity index (χ4n) is 0.940. The van der Waals surface area contributed by atoms with E-state index in [1.165, 1.54) is 11.8 Å². The van der Waals surface area contributed by atoms with E-state index in [1.54, 1.807) is 0 Å². The van der Waals surface area contributed by atoms with Crippen LogP contribution in [0.25, 0.3) is 0 Å². The number of hydrogen-bond donors (Lipinski definition) is 0. The van der Waals surface area contributed by atoms with Crippen molar-refractivity contribution in [3.8, 4) is 0 Å². The molecule has 114 valence electrons. The van der Waals surface area contributed by atoms with Crippen molar-refractivity contribution in [2.24, 2.45) is 0 Å². The second-order valence-electron chi connectivity index (χ2n) is 5.57. The minimum absolute atomic E-state index is 0. The minimum atomic E-state index is -0.861. The molecule has 1 nitrogen and oxygen atoms in total. The molecule has 0 saturated heterocycles. The van der Waals surface area contributed by atoms with Gasteiger partial charge in [-0.15, -0.1) is 8.07 Å². The van der Waals surface area contributed by atoms with Crippen LogP contribution in [0.4, 0.5) is 0 Å². The number of carbonyl (C=O) groups excluding carboxylic acids is 1. The Morgan fingerprint density at radius 3 is 1.10 bits per heavy atom. The fourth-order valence-corrected chi connectivity index (χ4v) is 0.940. The molecule has 10 radical (unpaired) electrons. The molecule has 0 bridgehead atoms. The molecule has 0 aromatic carbocycles. The molecule has 0 heterocycles. The smallest absolute Gasteiger partial charge is 0.999 e. The Morgan fingerprint density at radius 1 is 0.905 bits per heavy atom. The van der Waals surface area contributed by atoms with E-state index in [2.05, 4.69) is 78.3 Å². The molecule has 2 saturated carbocycles. The molecule has 0 aromatic rings. The maximum atomic E-state index is 8.50. The van der Waals surface area contributed by atoms with E-state index < -0.39 is 8.07 Å². The first-order chi connectivity index (χ1) is 9.20. The Bertz CT molecular complexity index is 187. The van der Waals surface area contributed by atoms with Crippen LogP contribution in [0.3, 0.4) is 0 Å². The van der Waals surface area contributed by atoms with Crippen LogP contribution in [0.1, 0.15) is 13.8 Å². The summed E-state index contributed by atoms with van der Waals surface area (Å²) in [5.41, 5.74) is 1.08. The standard InChI is InChI=1S/2C6H7.C4H11Si.COS.Nb/c2*1-6-4-2-3-5-6;1-5(2,3)4;2-1-3;/h2*2-5H,1H3;1H2,2-4H3;;/q;;-1;-2;+3. The van der Waals surface area contributed by atoms with Gasteiger partial charge in [-0.2, -0.15) is 0 Å². The zero-order valence-corrected chi connectivity index (χ0v) is 17.6. The van der Waals surface area contributed by atoms with E-state index in [-0.39, 0.29) is 22.4 Å². The summed E-state index contributed by atoms with van der Waals surface area (Å²) in [4.78, 5) is 8.50. The van der Waals surface area contributed by atoms with E-state index in [9.17, 15) is 0 Å². The van der Waals surface area contributed by atoms with Crippen LogP contribution in [0.5, 0.6) is 0 Å². The van der Waals surface area contributed by atoms with E-state index in [4.69, 9.17) is 4.79 Å². The molecule has 0 aliphatic heterocycles. The van der Waals surface area contributed by atoms with Gasteiger partial charge in [0.2, 0.25) is 0 Å². The van der Waals surface area contributed by atoms with E-state index in [0.29, 0.717) is 0 Å². The van der Waals surface area contributed by atoms with Gasteiger partial charge in [0.1, 0.15) is 0 Å².